The fourth-order valence-corrected chi connectivity index (χ4v) is 9.08. The second-order valence-electron chi connectivity index (χ2n) is 14.1. The summed E-state index contributed by atoms with van der Waals surface area (Å²) in [5, 5.41) is 0.702. The van der Waals surface area contributed by atoms with Gasteiger partial charge in [-0.25, -0.2) is 9.80 Å². The first-order chi connectivity index (χ1) is 27.6. The first kappa shape index (κ1) is 34.8. The van der Waals surface area contributed by atoms with Crippen LogP contribution in [0.5, 0.6) is 0 Å². The van der Waals surface area contributed by atoms with Crippen LogP contribution < -0.4 is 9.80 Å². The summed E-state index contributed by atoms with van der Waals surface area (Å²) in [6.45, 7) is 0. The molecule has 8 amide bonds. The molecule has 10 rings (SSSR count). The Morgan fingerprint density at radius 2 is 0.655 bits per heavy atom. The maximum atomic E-state index is 14.0. The third-order valence-electron chi connectivity index (χ3n) is 11.1. The van der Waals surface area contributed by atoms with Crippen LogP contribution in [0.2, 0.25) is 0 Å². The summed E-state index contributed by atoms with van der Waals surface area (Å²) in [7, 11) is -2.35. The van der Waals surface area contributed by atoms with E-state index >= 15 is 0 Å². The van der Waals surface area contributed by atoms with E-state index in [2.05, 4.69) is 0 Å². The van der Waals surface area contributed by atoms with Gasteiger partial charge in [0.1, 0.15) is 4.90 Å². The van der Waals surface area contributed by atoms with E-state index in [9.17, 15) is 51.3 Å². The third-order valence-corrected chi connectivity index (χ3v) is 12.0. The highest BCUT2D eigenvalue weighted by Gasteiger charge is 2.41. The average molecular weight is 791 g/mol. The second-order valence-corrected chi connectivity index (χ2v) is 15.5. The third kappa shape index (κ3) is 4.37. The van der Waals surface area contributed by atoms with E-state index in [1.807, 2.05) is 0 Å². The first-order valence-electron chi connectivity index (χ1n) is 17.4. The van der Waals surface area contributed by atoms with Crippen molar-refractivity contribution in [2.45, 2.75) is 4.90 Å². The van der Waals surface area contributed by atoms with E-state index in [4.69, 9.17) is 0 Å². The molecule has 15 nitrogen and oxygen atoms in total. The summed E-state index contributed by atoms with van der Waals surface area (Å²) < 4.78 is 36.2. The molecule has 0 unspecified atom stereocenters. The van der Waals surface area contributed by atoms with Crippen LogP contribution in [0, 0.1) is 0 Å². The zero-order chi connectivity index (χ0) is 40.8. The molecular formula is C42H22N4O11S. The van der Waals surface area contributed by atoms with Crippen LogP contribution >= 0.6 is 0 Å². The number of carbonyl (C=O) groups is 8. The van der Waals surface area contributed by atoms with Gasteiger partial charge in [0.2, 0.25) is 0 Å². The van der Waals surface area contributed by atoms with Crippen molar-refractivity contribution in [1.29, 1.82) is 0 Å². The smallest absolute Gasteiger partial charge is 0.282 e. The highest BCUT2D eigenvalue weighted by atomic mass is 32.2. The van der Waals surface area contributed by atoms with Gasteiger partial charge in [0.05, 0.1) is 11.4 Å². The second kappa shape index (κ2) is 11.4. The average Bonchev–Trinajstić information content (AvgIpc) is 3.21. The molecule has 0 spiro atoms. The lowest BCUT2D eigenvalue weighted by Crippen LogP contribution is -2.42. The number of carbonyl (C=O) groups excluding carboxylic acids is 8. The molecule has 0 saturated heterocycles. The summed E-state index contributed by atoms with van der Waals surface area (Å²) in [5.41, 5.74) is 0.869. The van der Waals surface area contributed by atoms with Crippen molar-refractivity contribution in [2.75, 3.05) is 23.9 Å². The number of imide groups is 4. The summed E-state index contributed by atoms with van der Waals surface area (Å²) in [4.78, 5) is 110. The van der Waals surface area contributed by atoms with Gasteiger partial charge in [-0.3, -0.25) is 52.7 Å². The maximum Gasteiger partial charge on any atom is 0.295 e. The van der Waals surface area contributed by atoms with E-state index < -0.39 is 62.3 Å². The van der Waals surface area contributed by atoms with Gasteiger partial charge in [0, 0.05) is 85.7 Å². The number of nitrogens with zero attached hydrogens (tertiary/aromatic N) is 4. The van der Waals surface area contributed by atoms with E-state index in [1.165, 1.54) is 99.0 Å². The fourth-order valence-electron chi connectivity index (χ4n) is 8.35. The Kier molecular flexibility index (Phi) is 6.86. The molecule has 1 N–H and O–H groups in total. The molecule has 282 valence electrons. The lowest BCUT2D eigenvalue weighted by Gasteiger charge is -2.31. The van der Waals surface area contributed by atoms with Gasteiger partial charge in [0.25, 0.3) is 57.4 Å². The van der Waals surface area contributed by atoms with Crippen LogP contribution in [0.15, 0.2) is 95.9 Å². The topological polar surface area (TPSA) is 204 Å². The SMILES string of the molecule is CN1C(=O)c2ccc3c4c(ccc(c24)C1=O)C(=O)N(c1ccc(-c2ccc(N4C(=O)c5ccc6c7c(ccc(c57)C4=O)C(=O)N(C)C6=O)cc2S(=O)(=O)O)cc1)C3=O. The van der Waals surface area contributed by atoms with Gasteiger partial charge in [-0.15, -0.1) is 0 Å². The van der Waals surface area contributed by atoms with Crippen molar-refractivity contribution in [3.63, 3.8) is 0 Å². The lowest BCUT2D eigenvalue weighted by atomic mass is 9.86. The van der Waals surface area contributed by atoms with Crippen molar-refractivity contribution >= 4 is 90.3 Å². The van der Waals surface area contributed by atoms with E-state index in [0.717, 1.165) is 25.7 Å². The molecule has 4 heterocycles. The summed E-state index contributed by atoms with van der Waals surface area (Å²) in [6.07, 6.45) is 0. The number of anilines is 2. The number of hydrogen-bond acceptors (Lipinski definition) is 10. The maximum absolute atomic E-state index is 14.0. The predicted octanol–water partition coefficient (Wildman–Crippen LogP) is 4.96. The van der Waals surface area contributed by atoms with Crippen molar-refractivity contribution in [1.82, 2.24) is 9.80 Å². The Morgan fingerprint density at radius 1 is 0.379 bits per heavy atom. The molecule has 16 heteroatoms. The number of hydrogen-bond donors (Lipinski definition) is 1. The van der Waals surface area contributed by atoms with Crippen molar-refractivity contribution in [2.24, 2.45) is 0 Å². The van der Waals surface area contributed by atoms with E-state index in [-0.39, 0.29) is 88.6 Å². The standard InChI is InChI=1S/C42H22N4O11S/c1-43-35(47)22-9-13-26-33-27(14-10-23(31(22)33)36(43)48)40(52)45(39(26)51)19-5-3-18(4-6-19)21-8-7-20(17-30(21)58(55,56)57)46-41(53)28-15-11-24-32-25(38(50)44(2)37(24)49)12-16-29(34(28)32)42(46)54/h3-17H,1-2H3,(H,55,56,57). The molecule has 0 saturated carbocycles. The van der Waals surface area contributed by atoms with Gasteiger partial charge >= 0.3 is 0 Å². The normalized spacial score (nSPS) is 16.1. The molecule has 0 radical (unpaired) electrons. The molecule has 0 fully saturated rings. The van der Waals surface area contributed by atoms with Crippen LogP contribution in [-0.4, -0.2) is 84.1 Å². The van der Waals surface area contributed by atoms with Gasteiger partial charge in [-0.2, -0.15) is 8.42 Å². The highest BCUT2D eigenvalue weighted by molar-refractivity contribution is 7.86. The van der Waals surface area contributed by atoms with Gasteiger partial charge in [-0.1, -0.05) is 18.2 Å². The molecule has 0 aromatic heterocycles. The molecular weight excluding hydrogens is 769 g/mol. The zero-order valence-electron chi connectivity index (χ0n) is 29.9. The largest absolute Gasteiger partial charge is 0.295 e. The van der Waals surface area contributed by atoms with Crippen LogP contribution in [0.4, 0.5) is 11.4 Å². The zero-order valence-corrected chi connectivity index (χ0v) is 30.7. The molecule has 58 heavy (non-hydrogen) atoms. The van der Waals surface area contributed by atoms with Crippen molar-refractivity contribution in [3.8, 4) is 11.1 Å². The molecule has 0 aliphatic carbocycles. The molecule has 4 aliphatic heterocycles. The minimum absolute atomic E-state index is 0.00669. The fraction of sp³-hybridized carbons (Fsp3) is 0.0476. The Bertz CT molecular complexity index is 3100. The Morgan fingerprint density at radius 3 is 0.983 bits per heavy atom. The van der Waals surface area contributed by atoms with Crippen molar-refractivity contribution < 1.29 is 51.3 Å². The van der Waals surface area contributed by atoms with Crippen molar-refractivity contribution in [3.05, 3.63) is 136 Å². The highest BCUT2D eigenvalue weighted by Crippen LogP contribution is 2.42. The Labute approximate surface area is 326 Å². The summed E-state index contributed by atoms with van der Waals surface area (Å²) in [6, 6.07) is 20.4. The number of benzene rings is 6. The molecule has 4 aliphatic rings. The van der Waals surface area contributed by atoms with Gasteiger partial charge in [0.15, 0.2) is 0 Å². The lowest BCUT2D eigenvalue weighted by molar-refractivity contribution is 0.0635. The minimum atomic E-state index is -5.02. The number of rotatable bonds is 4. The molecule has 0 atom stereocenters. The summed E-state index contributed by atoms with van der Waals surface area (Å²) in [5.74, 6) is -5.50. The van der Waals surface area contributed by atoms with Crippen LogP contribution in [0.3, 0.4) is 0 Å². The van der Waals surface area contributed by atoms with E-state index in [1.54, 1.807) is 0 Å². The van der Waals surface area contributed by atoms with Crippen LogP contribution in [-0.2, 0) is 10.1 Å². The molecule has 0 bridgehead atoms. The first-order valence-corrected chi connectivity index (χ1v) is 18.9. The molecule has 6 aromatic rings. The quantitative estimate of drug-likeness (QED) is 0.187. The Hall–Kier alpha value is -7.69. The predicted molar refractivity (Wildman–Crippen MR) is 205 cm³/mol. The van der Waals surface area contributed by atoms with Crippen LogP contribution in [0.25, 0.3) is 32.7 Å². The van der Waals surface area contributed by atoms with Crippen LogP contribution in [0.1, 0.15) is 82.9 Å². The summed E-state index contributed by atoms with van der Waals surface area (Å²) >= 11 is 0. The minimum Gasteiger partial charge on any atom is -0.282 e. The molecule has 6 aromatic carbocycles. The van der Waals surface area contributed by atoms with E-state index in [0.29, 0.717) is 0 Å². The van der Waals surface area contributed by atoms with Gasteiger partial charge < -0.3 is 0 Å². The van der Waals surface area contributed by atoms with Gasteiger partial charge in [-0.05, 0) is 78.4 Å². The Balaban J connectivity index is 1.01. The number of amides is 8. The monoisotopic (exact) mass is 790 g/mol.